The van der Waals surface area contributed by atoms with E-state index in [9.17, 15) is 5.11 Å². The van der Waals surface area contributed by atoms with Crippen LogP contribution in [0.5, 0.6) is 0 Å². The molecule has 0 aliphatic carbocycles. The average molecular weight is 361 g/mol. The molecule has 4 atom stereocenters. The maximum absolute atomic E-state index is 9.66. The molecular weight excluding hydrogens is 338 g/mol. The topological polar surface area (TPSA) is 94.2 Å². The molecule has 4 rings (SSSR count). The van der Waals surface area contributed by atoms with Gasteiger partial charge in [0.2, 0.25) is 0 Å². The molecule has 4 heterocycles. The van der Waals surface area contributed by atoms with Crippen molar-refractivity contribution < 1.29 is 19.3 Å². The van der Waals surface area contributed by atoms with E-state index >= 15 is 0 Å². The number of aliphatic hydroxyl groups is 1. The van der Waals surface area contributed by atoms with Crippen LogP contribution in [0, 0.1) is 0 Å². The highest BCUT2D eigenvalue weighted by atomic mass is 16.8. The molecule has 26 heavy (non-hydrogen) atoms. The first-order valence-corrected chi connectivity index (χ1v) is 8.54. The van der Waals surface area contributed by atoms with Crippen molar-refractivity contribution in [2.45, 2.75) is 44.2 Å². The van der Waals surface area contributed by atoms with Gasteiger partial charge in [-0.05, 0) is 19.9 Å². The number of ether oxygens (including phenoxy) is 3. The van der Waals surface area contributed by atoms with Crippen molar-refractivity contribution in [1.82, 2.24) is 19.4 Å². The van der Waals surface area contributed by atoms with Crippen LogP contribution in [-0.4, -0.2) is 75.7 Å². The summed E-state index contributed by atoms with van der Waals surface area (Å²) in [5, 5.41) is 10.5. The van der Waals surface area contributed by atoms with E-state index in [2.05, 4.69) is 15.0 Å². The van der Waals surface area contributed by atoms with E-state index < -0.39 is 18.1 Å². The number of aromatic nitrogens is 3. The summed E-state index contributed by atoms with van der Waals surface area (Å²) in [4.78, 5) is 14.9. The van der Waals surface area contributed by atoms with E-state index in [-0.39, 0.29) is 18.8 Å². The van der Waals surface area contributed by atoms with Gasteiger partial charge in [0.05, 0.1) is 18.3 Å². The Hall–Kier alpha value is -2.07. The third-order valence-corrected chi connectivity index (χ3v) is 4.48. The molecule has 2 aliphatic rings. The smallest absolute Gasteiger partial charge is 0.166 e. The minimum absolute atomic E-state index is 0.135. The molecule has 2 saturated heterocycles. The van der Waals surface area contributed by atoms with Crippen LogP contribution in [0.2, 0.25) is 0 Å². The van der Waals surface area contributed by atoms with Crippen molar-refractivity contribution in [1.29, 1.82) is 0 Å². The van der Waals surface area contributed by atoms with Crippen LogP contribution in [0.3, 0.4) is 0 Å². The molecule has 0 saturated carbocycles. The van der Waals surface area contributed by atoms with Crippen molar-refractivity contribution in [3.05, 3.63) is 18.6 Å². The van der Waals surface area contributed by atoms with Crippen LogP contribution in [0.1, 0.15) is 20.1 Å². The zero-order chi connectivity index (χ0) is 18.5. The number of nitrogens with zero attached hydrogens (tertiary/aromatic N) is 5. The zero-order valence-corrected chi connectivity index (χ0v) is 15.2. The van der Waals surface area contributed by atoms with Crippen molar-refractivity contribution in [3.8, 4) is 0 Å². The van der Waals surface area contributed by atoms with Crippen LogP contribution in [0.15, 0.2) is 23.6 Å². The fourth-order valence-corrected chi connectivity index (χ4v) is 3.47. The van der Waals surface area contributed by atoms with Crippen molar-refractivity contribution in [3.63, 3.8) is 0 Å². The molecule has 0 amide bonds. The van der Waals surface area contributed by atoms with Crippen molar-refractivity contribution in [2.24, 2.45) is 4.99 Å². The van der Waals surface area contributed by atoms with Crippen molar-refractivity contribution in [2.75, 3.05) is 20.7 Å². The molecule has 0 spiro atoms. The van der Waals surface area contributed by atoms with Gasteiger partial charge in [0.1, 0.15) is 30.3 Å². The van der Waals surface area contributed by atoms with Crippen LogP contribution >= 0.6 is 0 Å². The quantitative estimate of drug-likeness (QED) is 0.643. The Bertz CT molecular complexity index is 834. The van der Waals surface area contributed by atoms with Gasteiger partial charge in [-0.15, -0.1) is 0 Å². The lowest BCUT2D eigenvalue weighted by Crippen LogP contribution is -2.31. The summed E-state index contributed by atoms with van der Waals surface area (Å²) >= 11 is 0. The van der Waals surface area contributed by atoms with Crippen LogP contribution in [0.4, 0.5) is 5.82 Å². The minimum atomic E-state index is -0.718. The van der Waals surface area contributed by atoms with Gasteiger partial charge in [-0.2, -0.15) is 0 Å². The van der Waals surface area contributed by atoms with E-state index in [1.807, 2.05) is 49.7 Å². The first kappa shape index (κ1) is 17.3. The molecule has 9 nitrogen and oxygen atoms in total. The Balaban J connectivity index is 1.72. The lowest BCUT2D eigenvalue weighted by molar-refractivity contribution is -0.199. The fraction of sp³-hybridized carbons (Fsp3) is 0.588. The number of aliphatic hydroxyl groups excluding tert-OH is 1. The number of hydrogen-bond acceptors (Lipinski definition) is 7. The molecule has 0 radical (unpaired) electrons. The maximum Gasteiger partial charge on any atom is 0.166 e. The average Bonchev–Trinajstić information content (AvgIpc) is 3.23. The van der Waals surface area contributed by atoms with E-state index in [0.717, 1.165) is 5.39 Å². The highest BCUT2D eigenvalue weighted by molar-refractivity contribution is 5.87. The summed E-state index contributed by atoms with van der Waals surface area (Å²) in [7, 11) is 3.79. The Morgan fingerprint density at radius 3 is 2.81 bits per heavy atom. The van der Waals surface area contributed by atoms with Gasteiger partial charge in [0, 0.05) is 20.3 Å². The Morgan fingerprint density at radius 2 is 2.08 bits per heavy atom. The van der Waals surface area contributed by atoms with Gasteiger partial charge in [-0.1, -0.05) is 0 Å². The molecule has 0 unspecified atom stereocenters. The predicted octanol–water partition coefficient (Wildman–Crippen LogP) is 1.06. The van der Waals surface area contributed by atoms with Gasteiger partial charge in [-0.3, -0.25) is 0 Å². The van der Waals surface area contributed by atoms with Crippen molar-refractivity contribution >= 4 is 23.2 Å². The van der Waals surface area contributed by atoms with Gasteiger partial charge in [0.25, 0.3) is 0 Å². The maximum atomic E-state index is 9.66. The number of rotatable bonds is 4. The SMILES string of the molecule is CN(C)/C=N/c1ncnc2c1ccn2[C@@H]1O[C@H](CO)[C@H]2OC(C)(C)O[C@H]21. The predicted molar refractivity (Wildman–Crippen MR) is 94.2 cm³/mol. The highest BCUT2D eigenvalue weighted by Gasteiger charge is 2.55. The largest absolute Gasteiger partial charge is 0.394 e. The summed E-state index contributed by atoms with van der Waals surface area (Å²) < 4.78 is 19.9. The first-order valence-electron chi connectivity index (χ1n) is 8.54. The zero-order valence-electron chi connectivity index (χ0n) is 15.2. The second-order valence-corrected chi connectivity index (χ2v) is 7.18. The van der Waals surface area contributed by atoms with Gasteiger partial charge in [-0.25, -0.2) is 15.0 Å². The molecule has 2 aromatic heterocycles. The highest BCUT2D eigenvalue weighted by Crippen LogP contribution is 2.44. The Kier molecular flexibility index (Phi) is 4.19. The van der Waals surface area contributed by atoms with E-state index in [0.29, 0.717) is 11.5 Å². The second-order valence-electron chi connectivity index (χ2n) is 7.18. The molecular formula is C17H23N5O4. The lowest BCUT2D eigenvalue weighted by atomic mass is 10.1. The molecule has 2 fully saturated rings. The number of hydrogen-bond donors (Lipinski definition) is 1. The third-order valence-electron chi connectivity index (χ3n) is 4.48. The lowest BCUT2D eigenvalue weighted by Gasteiger charge is -2.24. The minimum Gasteiger partial charge on any atom is -0.394 e. The molecule has 2 aromatic rings. The Morgan fingerprint density at radius 1 is 1.31 bits per heavy atom. The van der Waals surface area contributed by atoms with Gasteiger partial charge >= 0.3 is 0 Å². The van der Waals surface area contributed by atoms with E-state index in [4.69, 9.17) is 14.2 Å². The molecule has 1 N–H and O–H groups in total. The second kappa shape index (κ2) is 6.27. The fourth-order valence-electron chi connectivity index (χ4n) is 3.47. The van der Waals surface area contributed by atoms with E-state index in [1.165, 1.54) is 6.33 Å². The Labute approximate surface area is 151 Å². The third kappa shape index (κ3) is 2.86. The van der Waals surface area contributed by atoms with Crippen LogP contribution < -0.4 is 0 Å². The first-order chi connectivity index (χ1) is 12.4. The molecule has 2 aliphatic heterocycles. The monoisotopic (exact) mass is 361 g/mol. The number of fused-ring (bicyclic) bond motifs is 2. The van der Waals surface area contributed by atoms with Gasteiger partial charge < -0.3 is 28.8 Å². The number of aliphatic imine (C=N–C) groups is 1. The summed E-state index contributed by atoms with van der Waals surface area (Å²) in [6.07, 6.45) is 3.50. The summed E-state index contributed by atoms with van der Waals surface area (Å²) in [5.74, 6) is -0.135. The molecule has 9 heteroatoms. The standard InChI is InChI=1S/C17H23N5O4/c1-17(2)25-12-11(7-23)24-16(13(12)26-17)22-6-5-10-14(20-9-21(3)4)18-8-19-15(10)22/h5-6,8-9,11-13,16,23H,7H2,1-4H3/b20-9+/t11-,12-,13-,16-/m1/s1. The summed E-state index contributed by atoms with van der Waals surface area (Å²) in [5.41, 5.74) is 0.696. The molecule has 0 aromatic carbocycles. The molecule has 140 valence electrons. The van der Waals surface area contributed by atoms with Crippen LogP contribution in [0.25, 0.3) is 11.0 Å². The molecule has 0 bridgehead atoms. The summed E-state index contributed by atoms with van der Waals surface area (Å²) in [6.45, 7) is 3.59. The van der Waals surface area contributed by atoms with E-state index in [1.54, 1.807) is 6.34 Å². The normalized spacial score (nSPS) is 30.3. The summed E-state index contributed by atoms with van der Waals surface area (Å²) in [6, 6.07) is 1.91. The van der Waals surface area contributed by atoms with Crippen LogP contribution in [-0.2, 0) is 14.2 Å². The van der Waals surface area contributed by atoms with Gasteiger partial charge in [0.15, 0.2) is 17.8 Å².